The number of methoxy groups -OCH3 is 1. The maximum Gasteiger partial charge on any atom is 0.246 e. The molecule has 0 amide bonds. The van der Waals surface area contributed by atoms with Crippen LogP contribution in [-0.4, -0.2) is 36.8 Å². The zero-order valence-electron chi connectivity index (χ0n) is 13.4. The summed E-state index contributed by atoms with van der Waals surface area (Å²) in [6, 6.07) is 5.66. The molecular weight excluding hydrogens is 318 g/mol. The number of nitrogens with one attached hydrogen (secondary N) is 2. The first-order chi connectivity index (χ1) is 11.1. The number of ether oxygens (including phenoxy) is 1. The molecule has 124 valence electrons. The highest BCUT2D eigenvalue weighted by Gasteiger charge is 2.05. The van der Waals surface area contributed by atoms with Crippen molar-refractivity contribution >= 4 is 17.6 Å². The molecule has 0 aliphatic carbocycles. The molecule has 2 rings (SSSR count). The van der Waals surface area contributed by atoms with Gasteiger partial charge in [-0.1, -0.05) is 22.8 Å². The summed E-state index contributed by atoms with van der Waals surface area (Å²) in [5.41, 5.74) is 1.04. The molecule has 1 aromatic heterocycles. The molecule has 0 aliphatic rings. The minimum Gasteiger partial charge on any atom is -0.497 e. The average molecular weight is 338 g/mol. The van der Waals surface area contributed by atoms with Gasteiger partial charge in [-0.05, 0) is 31.0 Å². The maximum atomic E-state index is 6.22. The lowest BCUT2D eigenvalue weighted by molar-refractivity contribution is 0.371. The van der Waals surface area contributed by atoms with E-state index in [9.17, 15) is 0 Å². The fraction of sp³-hybridized carbons (Fsp3) is 0.400. The molecule has 0 fully saturated rings. The number of rotatable bonds is 6. The van der Waals surface area contributed by atoms with Gasteiger partial charge in [0.15, 0.2) is 11.8 Å². The summed E-state index contributed by atoms with van der Waals surface area (Å²) in [6.45, 7) is 2.89. The van der Waals surface area contributed by atoms with Crippen molar-refractivity contribution in [3.63, 3.8) is 0 Å². The first kappa shape index (κ1) is 17.1. The van der Waals surface area contributed by atoms with E-state index in [1.165, 1.54) is 0 Å². The van der Waals surface area contributed by atoms with Crippen LogP contribution >= 0.6 is 11.6 Å². The molecule has 0 saturated heterocycles. The highest BCUT2D eigenvalue weighted by molar-refractivity contribution is 6.31. The molecular formula is C15H20ClN5O2. The van der Waals surface area contributed by atoms with Crippen LogP contribution in [0.25, 0.3) is 0 Å². The van der Waals surface area contributed by atoms with E-state index in [1.807, 2.05) is 18.2 Å². The van der Waals surface area contributed by atoms with Gasteiger partial charge in [0.2, 0.25) is 5.89 Å². The normalized spacial score (nSPS) is 11.4. The molecule has 1 heterocycles. The Kier molecular flexibility index (Phi) is 6.22. The first-order valence-corrected chi connectivity index (χ1v) is 7.56. The first-order valence-electron chi connectivity index (χ1n) is 7.18. The highest BCUT2D eigenvalue weighted by atomic mass is 35.5. The topological polar surface area (TPSA) is 84.6 Å². The number of halogens is 1. The fourth-order valence-electron chi connectivity index (χ4n) is 1.97. The van der Waals surface area contributed by atoms with Crippen LogP contribution in [0, 0.1) is 6.92 Å². The quantitative estimate of drug-likeness (QED) is 0.619. The molecule has 0 aliphatic heterocycles. The summed E-state index contributed by atoms with van der Waals surface area (Å²) < 4.78 is 10.2. The van der Waals surface area contributed by atoms with Gasteiger partial charge in [-0.25, -0.2) is 0 Å². The van der Waals surface area contributed by atoms with E-state index >= 15 is 0 Å². The molecule has 8 heteroatoms. The molecule has 0 saturated carbocycles. The van der Waals surface area contributed by atoms with E-state index in [0.29, 0.717) is 35.8 Å². The Balaban J connectivity index is 1.79. The number of aliphatic imine (C=N–C) groups is 1. The molecule has 2 N–H and O–H groups in total. The van der Waals surface area contributed by atoms with Crippen LogP contribution in [0.1, 0.15) is 17.3 Å². The van der Waals surface area contributed by atoms with E-state index < -0.39 is 0 Å². The standard InChI is InChI=1S/C15H20ClN5O2/c1-10-20-14(23-21-10)9-19-15(17-2)18-7-6-11-4-5-12(22-3)8-13(11)16/h4-5,8H,6-7,9H2,1-3H3,(H2,17,18,19). The van der Waals surface area contributed by atoms with Gasteiger partial charge in [-0.15, -0.1) is 0 Å². The van der Waals surface area contributed by atoms with Crippen molar-refractivity contribution in [3.8, 4) is 5.75 Å². The number of benzene rings is 1. The third-order valence-electron chi connectivity index (χ3n) is 3.15. The van der Waals surface area contributed by atoms with Crippen LogP contribution in [0.15, 0.2) is 27.7 Å². The van der Waals surface area contributed by atoms with Gasteiger partial charge in [-0.3, -0.25) is 4.99 Å². The van der Waals surface area contributed by atoms with Crippen molar-refractivity contribution in [1.82, 2.24) is 20.8 Å². The van der Waals surface area contributed by atoms with Crippen LogP contribution in [0.5, 0.6) is 5.75 Å². The predicted molar refractivity (Wildman–Crippen MR) is 88.9 cm³/mol. The number of aromatic nitrogens is 2. The Hall–Kier alpha value is -2.28. The van der Waals surface area contributed by atoms with Gasteiger partial charge in [-0.2, -0.15) is 4.98 Å². The lowest BCUT2D eigenvalue weighted by Gasteiger charge is -2.11. The van der Waals surface area contributed by atoms with Crippen LogP contribution in [0.3, 0.4) is 0 Å². The summed E-state index contributed by atoms with van der Waals surface area (Å²) in [7, 11) is 3.32. The van der Waals surface area contributed by atoms with Gasteiger partial charge >= 0.3 is 0 Å². The second kappa shape index (κ2) is 8.38. The molecule has 0 spiro atoms. The third kappa shape index (κ3) is 5.14. The van der Waals surface area contributed by atoms with E-state index in [1.54, 1.807) is 21.1 Å². The second-order valence-electron chi connectivity index (χ2n) is 4.80. The number of guanidine groups is 1. The second-order valence-corrected chi connectivity index (χ2v) is 5.20. The van der Waals surface area contributed by atoms with Crippen molar-refractivity contribution < 1.29 is 9.26 Å². The third-order valence-corrected chi connectivity index (χ3v) is 3.50. The largest absolute Gasteiger partial charge is 0.497 e. The smallest absolute Gasteiger partial charge is 0.246 e. The molecule has 0 atom stereocenters. The molecule has 0 bridgehead atoms. The number of hydrogen-bond donors (Lipinski definition) is 2. The Bertz CT molecular complexity index is 672. The van der Waals surface area contributed by atoms with Gasteiger partial charge < -0.3 is 19.9 Å². The number of hydrogen-bond acceptors (Lipinski definition) is 5. The number of nitrogens with zero attached hydrogens (tertiary/aromatic N) is 3. The molecule has 0 unspecified atom stereocenters. The summed E-state index contributed by atoms with van der Waals surface area (Å²) in [6.07, 6.45) is 0.767. The van der Waals surface area contributed by atoms with Crippen molar-refractivity contribution in [2.45, 2.75) is 19.9 Å². The van der Waals surface area contributed by atoms with Crippen molar-refractivity contribution in [2.75, 3.05) is 20.7 Å². The highest BCUT2D eigenvalue weighted by Crippen LogP contribution is 2.22. The molecule has 23 heavy (non-hydrogen) atoms. The molecule has 7 nitrogen and oxygen atoms in total. The summed E-state index contributed by atoms with van der Waals surface area (Å²) in [5.74, 6) is 2.53. The summed E-state index contributed by atoms with van der Waals surface area (Å²) in [5, 5.41) is 10.7. The Morgan fingerprint density at radius 2 is 2.22 bits per heavy atom. The van der Waals surface area contributed by atoms with Crippen LogP contribution in [-0.2, 0) is 13.0 Å². The maximum absolute atomic E-state index is 6.22. The van der Waals surface area contributed by atoms with Crippen molar-refractivity contribution in [2.24, 2.45) is 4.99 Å². The molecule has 2 aromatic rings. The van der Waals surface area contributed by atoms with Crippen molar-refractivity contribution in [3.05, 3.63) is 40.5 Å². The summed E-state index contributed by atoms with van der Waals surface area (Å²) in [4.78, 5) is 8.26. The van der Waals surface area contributed by atoms with E-state index in [-0.39, 0.29) is 0 Å². The zero-order valence-corrected chi connectivity index (χ0v) is 14.1. The van der Waals surface area contributed by atoms with E-state index in [2.05, 4.69) is 25.8 Å². The van der Waals surface area contributed by atoms with Gasteiger partial charge in [0.05, 0.1) is 13.7 Å². The zero-order chi connectivity index (χ0) is 16.7. The Labute approximate surface area is 140 Å². The summed E-state index contributed by atoms with van der Waals surface area (Å²) >= 11 is 6.22. The SMILES string of the molecule is CN=C(NCCc1ccc(OC)cc1Cl)NCc1nc(C)no1. The minimum atomic E-state index is 0.420. The molecule has 1 aromatic carbocycles. The Morgan fingerprint density at radius 1 is 1.39 bits per heavy atom. The lowest BCUT2D eigenvalue weighted by Crippen LogP contribution is -2.37. The Morgan fingerprint density at radius 3 is 2.83 bits per heavy atom. The number of aryl methyl sites for hydroxylation is 1. The van der Waals surface area contributed by atoms with E-state index in [4.69, 9.17) is 20.9 Å². The van der Waals surface area contributed by atoms with Crippen LogP contribution in [0.4, 0.5) is 0 Å². The molecule has 0 radical (unpaired) electrons. The lowest BCUT2D eigenvalue weighted by atomic mass is 10.1. The average Bonchev–Trinajstić information content (AvgIpc) is 2.97. The van der Waals surface area contributed by atoms with Gasteiger partial charge in [0, 0.05) is 18.6 Å². The predicted octanol–water partition coefficient (Wildman–Crippen LogP) is 1.95. The monoisotopic (exact) mass is 337 g/mol. The van der Waals surface area contributed by atoms with Crippen LogP contribution < -0.4 is 15.4 Å². The van der Waals surface area contributed by atoms with E-state index in [0.717, 1.165) is 17.7 Å². The minimum absolute atomic E-state index is 0.420. The van der Waals surface area contributed by atoms with Gasteiger partial charge in [0.1, 0.15) is 5.75 Å². The fourth-order valence-corrected chi connectivity index (χ4v) is 2.23. The van der Waals surface area contributed by atoms with Gasteiger partial charge in [0.25, 0.3) is 0 Å². The van der Waals surface area contributed by atoms with Crippen molar-refractivity contribution in [1.29, 1.82) is 0 Å². The van der Waals surface area contributed by atoms with Crippen LogP contribution in [0.2, 0.25) is 5.02 Å².